The Balaban J connectivity index is 2.10. The summed E-state index contributed by atoms with van der Waals surface area (Å²) in [6.07, 6.45) is 2.75. The van der Waals surface area contributed by atoms with Gasteiger partial charge >= 0.3 is 6.03 Å². The summed E-state index contributed by atoms with van der Waals surface area (Å²) in [6, 6.07) is 5.75. The van der Waals surface area contributed by atoms with E-state index in [-0.39, 0.29) is 6.03 Å². The Morgan fingerprint density at radius 2 is 2.28 bits per heavy atom. The summed E-state index contributed by atoms with van der Waals surface area (Å²) < 4.78 is 5.21. The molecule has 0 fully saturated rings. The highest BCUT2D eigenvalue weighted by Crippen LogP contribution is 2.23. The predicted octanol–water partition coefficient (Wildman–Crippen LogP) is 1.65. The Bertz CT molecular complexity index is 548. The van der Waals surface area contributed by atoms with Gasteiger partial charge in [-0.25, -0.2) is 4.79 Å². The molecule has 1 aromatic heterocycles. The third-order valence-electron chi connectivity index (χ3n) is 2.88. The molecule has 0 unspecified atom stereocenters. The van der Waals surface area contributed by atoms with Gasteiger partial charge in [-0.2, -0.15) is 0 Å². The number of nitrogens with one attached hydrogen (secondary N) is 3. The molecule has 5 heteroatoms. The first-order valence-corrected chi connectivity index (χ1v) is 5.84. The highest BCUT2D eigenvalue weighted by molar-refractivity contribution is 5.84. The molecule has 1 aromatic carbocycles. The molecular formula is C13H17N3O2. The molecule has 0 radical (unpaired) electrons. The summed E-state index contributed by atoms with van der Waals surface area (Å²) in [6.45, 7) is 0.601. The maximum Gasteiger partial charge on any atom is 0.314 e. The van der Waals surface area contributed by atoms with Crippen molar-refractivity contribution in [2.45, 2.75) is 6.42 Å². The van der Waals surface area contributed by atoms with Gasteiger partial charge in [0.05, 0.1) is 7.11 Å². The molecule has 2 aromatic rings. The van der Waals surface area contributed by atoms with Gasteiger partial charge in [-0.3, -0.25) is 0 Å². The Kier molecular flexibility index (Phi) is 3.72. The summed E-state index contributed by atoms with van der Waals surface area (Å²) in [5, 5.41) is 6.42. The summed E-state index contributed by atoms with van der Waals surface area (Å²) in [5.74, 6) is 0.836. The van der Waals surface area contributed by atoms with Crippen LogP contribution in [0.25, 0.3) is 10.9 Å². The monoisotopic (exact) mass is 247 g/mol. The van der Waals surface area contributed by atoms with Crippen molar-refractivity contribution in [3.8, 4) is 5.75 Å². The fraction of sp³-hybridized carbons (Fsp3) is 0.308. The molecule has 0 aliphatic heterocycles. The van der Waals surface area contributed by atoms with Crippen molar-refractivity contribution in [3.63, 3.8) is 0 Å². The molecule has 0 atom stereocenters. The lowest BCUT2D eigenvalue weighted by molar-refractivity contribution is 0.243. The van der Waals surface area contributed by atoms with Crippen LogP contribution in [0.5, 0.6) is 5.75 Å². The number of rotatable bonds is 4. The average molecular weight is 247 g/mol. The quantitative estimate of drug-likeness (QED) is 0.769. The molecule has 5 nitrogen and oxygen atoms in total. The van der Waals surface area contributed by atoms with Gasteiger partial charge in [-0.1, -0.05) is 0 Å². The van der Waals surface area contributed by atoms with E-state index in [0.29, 0.717) is 6.54 Å². The number of urea groups is 1. The molecule has 0 saturated carbocycles. The standard InChI is InChI=1S/C13H17N3O2/c1-14-13(17)15-6-5-9-8-16-12-4-3-10(18-2)7-11(9)12/h3-4,7-8,16H,5-6H2,1-2H3,(H2,14,15,17). The van der Waals surface area contributed by atoms with Crippen molar-refractivity contribution in [2.75, 3.05) is 20.7 Å². The molecule has 0 spiro atoms. The van der Waals surface area contributed by atoms with Gasteiger partial charge in [0.1, 0.15) is 5.75 Å². The summed E-state index contributed by atoms with van der Waals surface area (Å²) in [5.41, 5.74) is 2.24. The van der Waals surface area contributed by atoms with Gasteiger partial charge in [0, 0.05) is 30.7 Å². The molecule has 2 amide bonds. The number of hydrogen-bond acceptors (Lipinski definition) is 2. The maximum absolute atomic E-state index is 11.1. The van der Waals surface area contributed by atoms with Crippen LogP contribution in [-0.4, -0.2) is 31.7 Å². The predicted molar refractivity (Wildman–Crippen MR) is 71.0 cm³/mol. The fourth-order valence-electron chi connectivity index (χ4n) is 1.89. The van der Waals surface area contributed by atoms with Crippen molar-refractivity contribution in [2.24, 2.45) is 0 Å². The van der Waals surface area contributed by atoms with Crippen LogP contribution in [0.3, 0.4) is 0 Å². The molecule has 2 rings (SSSR count). The van der Waals surface area contributed by atoms with Crippen molar-refractivity contribution in [1.29, 1.82) is 0 Å². The number of hydrogen-bond donors (Lipinski definition) is 3. The minimum absolute atomic E-state index is 0.160. The van der Waals surface area contributed by atoms with Crippen LogP contribution in [0.2, 0.25) is 0 Å². The zero-order chi connectivity index (χ0) is 13.0. The van der Waals surface area contributed by atoms with Gasteiger partial charge in [0.15, 0.2) is 0 Å². The van der Waals surface area contributed by atoms with Crippen LogP contribution in [0.4, 0.5) is 4.79 Å². The number of methoxy groups -OCH3 is 1. The second kappa shape index (κ2) is 5.44. The number of benzene rings is 1. The first-order valence-electron chi connectivity index (χ1n) is 5.84. The van der Waals surface area contributed by atoms with E-state index in [2.05, 4.69) is 15.6 Å². The van der Waals surface area contributed by atoms with Crippen molar-refractivity contribution in [1.82, 2.24) is 15.6 Å². The minimum Gasteiger partial charge on any atom is -0.497 e. The lowest BCUT2D eigenvalue weighted by Crippen LogP contribution is -2.33. The van der Waals surface area contributed by atoms with Crippen LogP contribution < -0.4 is 15.4 Å². The van der Waals surface area contributed by atoms with E-state index in [1.165, 1.54) is 5.56 Å². The van der Waals surface area contributed by atoms with Crippen LogP contribution in [0.15, 0.2) is 24.4 Å². The van der Waals surface area contributed by atoms with Crippen molar-refractivity contribution >= 4 is 16.9 Å². The molecule has 1 heterocycles. The second-order valence-electron chi connectivity index (χ2n) is 3.98. The van der Waals surface area contributed by atoms with E-state index in [4.69, 9.17) is 4.74 Å². The molecule has 0 bridgehead atoms. The van der Waals surface area contributed by atoms with Gasteiger partial charge in [0.2, 0.25) is 0 Å². The second-order valence-corrected chi connectivity index (χ2v) is 3.98. The number of carbonyl (C=O) groups excluding carboxylic acids is 1. The maximum atomic E-state index is 11.1. The zero-order valence-electron chi connectivity index (χ0n) is 10.5. The van der Waals surface area contributed by atoms with Crippen LogP contribution in [0.1, 0.15) is 5.56 Å². The highest BCUT2D eigenvalue weighted by atomic mass is 16.5. The van der Waals surface area contributed by atoms with Crippen LogP contribution in [-0.2, 0) is 6.42 Å². The lowest BCUT2D eigenvalue weighted by atomic mass is 10.1. The number of aromatic amines is 1. The largest absolute Gasteiger partial charge is 0.497 e. The van der Waals surface area contributed by atoms with E-state index in [9.17, 15) is 4.79 Å². The summed E-state index contributed by atoms with van der Waals surface area (Å²) in [4.78, 5) is 14.3. The Labute approximate surface area is 106 Å². The SMILES string of the molecule is CNC(=O)NCCc1c[nH]c2ccc(OC)cc12. The van der Waals surface area contributed by atoms with Crippen molar-refractivity contribution < 1.29 is 9.53 Å². The first kappa shape index (κ1) is 12.3. The lowest BCUT2D eigenvalue weighted by Gasteiger charge is -2.04. The zero-order valence-corrected chi connectivity index (χ0v) is 10.5. The third kappa shape index (κ3) is 2.56. The molecule has 3 N–H and O–H groups in total. The smallest absolute Gasteiger partial charge is 0.314 e. The Morgan fingerprint density at radius 1 is 1.44 bits per heavy atom. The topological polar surface area (TPSA) is 66.2 Å². The van der Waals surface area contributed by atoms with E-state index in [1.807, 2.05) is 24.4 Å². The minimum atomic E-state index is -0.160. The molecular weight excluding hydrogens is 230 g/mol. The fourth-order valence-corrected chi connectivity index (χ4v) is 1.89. The first-order chi connectivity index (χ1) is 8.74. The number of ether oxygens (including phenoxy) is 1. The third-order valence-corrected chi connectivity index (χ3v) is 2.88. The molecule has 96 valence electrons. The van der Waals surface area contributed by atoms with E-state index in [1.54, 1.807) is 14.2 Å². The normalized spacial score (nSPS) is 10.3. The number of aromatic nitrogens is 1. The molecule has 0 aliphatic carbocycles. The van der Waals surface area contributed by atoms with Gasteiger partial charge < -0.3 is 20.4 Å². The van der Waals surface area contributed by atoms with Gasteiger partial charge in [-0.05, 0) is 30.2 Å². The van der Waals surface area contributed by atoms with Gasteiger partial charge in [-0.15, -0.1) is 0 Å². The molecule has 0 aliphatic rings. The van der Waals surface area contributed by atoms with Crippen LogP contribution >= 0.6 is 0 Å². The summed E-state index contributed by atoms with van der Waals surface area (Å²) in [7, 11) is 3.26. The number of H-pyrrole nitrogens is 1. The average Bonchev–Trinajstić information content (AvgIpc) is 2.81. The number of carbonyl (C=O) groups is 1. The summed E-state index contributed by atoms with van der Waals surface area (Å²) >= 11 is 0. The van der Waals surface area contributed by atoms with E-state index < -0.39 is 0 Å². The highest BCUT2D eigenvalue weighted by Gasteiger charge is 2.05. The number of amides is 2. The Hall–Kier alpha value is -2.17. The molecule has 0 saturated heterocycles. The van der Waals surface area contributed by atoms with E-state index in [0.717, 1.165) is 23.1 Å². The Morgan fingerprint density at radius 3 is 3.00 bits per heavy atom. The van der Waals surface area contributed by atoms with Crippen molar-refractivity contribution in [3.05, 3.63) is 30.0 Å². The van der Waals surface area contributed by atoms with Gasteiger partial charge in [0.25, 0.3) is 0 Å². The van der Waals surface area contributed by atoms with Crippen LogP contribution in [0, 0.1) is 0 Å². The van der Waals surface area contributed by atoms with E-state index >= 15 is 0 Å². The number of fused-ring (bicyclic) bond motifs is 1. The molecule has 18 heavy (non-hydrogen) atoms.